The molecule has 0 saturated carbocycles. The summed E-state index contributed by atoms with van der Waals surface area (Å²) < 4.78 is 50.2. The minimum Gasteiger partial charge on any atom is -0.324 e. The van der Waals surface area contributed by atoms with Crippen molar-refractivity contribution >= 4 is 0 Å². The average molecular weight is 247 g/mol. The second-order valence-corrected chi connectivity index (χ2v) is 4.00. The van der Waals surface area contributed by atoms with Crippen molar-refractivity contribution in [2.75, 3.05) is 0 Å². The smallest absolute Gasteiger partial charge is 0.324 e. The number of hydrogen-bond donors (Lipinski definition) is 1. The second-order valence-electron chi connectivity index (χ2n) is 4.00. The van der Waals surface area contributed by atoms with Gasteiger partial charge in [-0.25, -0.2) is 4.39 Å². The summed E-state index contributed by atoms with van der Waals surface area (Å²) in [6.45, 7) is 5.40. The lowest BCUT2D eigenvalue weighted by Crippen LogP contribution is -2.13. The summed E-state index contributed by atoms with van der Waals surface area (Å²) in [5.74, 6) is -1.30. The molecule has 0 bridgehead atoms. The van der Waals surface area contributed by atoms with Gasteiger partial charge in [-0.1, -0.05) is 11.6 Å². The maximum atomic E-state index is 13.2. The minimum atomic E-state index is -4.68. The summed E-state index contributed by atoms with van der Waals surface area (Å²) in [7, 11) is 0. The molecular weight excluding hydrogens is 234 g/mol. The lowest BCUT2D eigenvalue weighted by Gasteiger charge is -2.14. The highest BCUT2D eigenvalue weighted by molar-refractivity contribution is 5.29. The minimum absolute atomic E-state index is 0.332. The van der Waals surface area contributed by atoms with E-state index >= 15 is 0 Å². The van der Waals surface area contributed by atoms with Crippen molar-refractivity contribution in [3.8, 4) is 0 Å². The maximum Gasteiger partial charge on any atom is 0.419 e. The van der Waals surface area contributed by atoms with Crippen molar-refractivity contribution in [3.05, 3.63) is 47.3 Å². The van der Waals surface area contributed by atoms with E-state index in [-0.39, 0.29) is 0 Å². The molecule has 0 aliphatic rings. The molecule has 94 valence electrons. The van der Waals surface area contributed by atoms with Crippen LogP contribution in [0, 0.1) is 5.82 Å². The van der Waals surface area contributed by atoms with Crippen LogP contribution >= 0.6 is 0 Å². The third kappa shape index (κ3) is 3.56. The Morgan fingerprint density at radius 1 is 1.41 bits per heavy atom. The van der Waals surface area contributed by atoms with Crippen LogP contribution in [-0.4, -0.2) is 0 Å². The molecule has 1 rings (SSSR count). The molecule has 0 aromatic heterocycles. The fourth-order valence-corrected chi connectivity index (χ4v) is 1.49. The summed E-state index contributed by atoms with van der Waals surface area (Å²) in [6, 6.07) is 2.20. The predicted molar refractivity (Wildman–Crippen MR) is 57.8 cm³/mol. The normalized spacial score (nSPS) is 13.5. The lowest BCUT2D eigenvalue weighted by molar-refractivity contribution is -0.140. The topological polar surface area (TPSA) is 26.0 Å². The van der Waals surface area contributed by atoms with Gasteiger partial charge in [0.1, 0.15) is 5.82 Å². The fraction of sp³-hybridized carbons (Fsp3) is 0.333. The molecule has 0 heterocycles. The van der Waals surface area contributed by atoms with Gasteiger partial charge in [-0.15, -0.1) is 6.58 Å². The van der Waals surface area contributed by atoms with Crippen LogP contribution in [-0.2, 0) is 6.18 Å². The zero-order valence-electron chi connectivity index (χ0n) is 9.31. The zero-order valence-corrected chi connectivity index (χ0v) is 9.31. The average Bonchev–Trinajstić information content (AvgIpc) is 2.14. The van der Waals surface area contributed by atoms with Gasteiger partial charge in [-0.3, -0.25) is 0 Å². The van der Waals surface area contributed by atoms with E-state index < -0.39 is 23.6 Å². The van der Waals surface area contributed by atoms with E-state index in [9.17, 15) is 17.6 Å². The van der Waals surface area contributed by atoms with E-state index in [0.29, 0.717) is 18.1 Å². The number of benzene rings is 1. The van der Waals surface area contributed by atoms with E-state index in [2.05, 4.69) is 6.58 Å². The van der Waals surface area contributed by atoms with Crippen LogP contribution in [0.5, 0.6) is 0 Å². The molecule has 0 radical (unpaired) electrons. The first-order chi connectivity index (χ1) is 7.71. The molecule has 1 nitrogen and oxygen atoms in total. The summed E-state index contributed by atoms with van der Waals surface area (Å²) >= 11 is 0. The number of alkyl halides is 3. The largest absolute Gasteiger partial charge is 0.419 e. The molecule has 0 aliphatic carbocycles. The summed E-state index contributed by atoms with van der Waals surface area (Å²) in [6.07, 6.45) is -4.27. The van der Waals surface area contributed by atoms with Crippen molar-refractivity contribution in [1.82, 2.24) is 0 Å². The molecule has 0 saturated heterocycles. The Morgan fingerprint density at radius 3 is 2.41 bits per heavy atom. The molecule has 0 amide bonds. The SMILES string of the molecule is C=C(C)C[C@@H](N)c1ccc(C(F)(F)F)c(F)c1. The maximum absolute atomic E-state index is 13.2. The van der Waals surface area contributed by atoms with E-state index in [1.54, 1.807) is 6.92 Å². The fourth-order valence-electron chi connectivity index (χ4n) is 1.49. The Kier molecular flexibility index (Phi) is 3.93. The Hall–Kier alpha value is -1.36. The molecule has 0 aliphatic heterocycles. The number of rotatable bonds is 3. The van der Waals surface area contributed by atoms with Crippen LogP contribution in [0.15, 0.2) is 30.4 Å². The predicted octanol–water partition coefficient (Wildman–Crippen LogP) is 3.81. The van der Waals surface area contributed by atoms with Gasteiger partial charge in [-0.05, 0) is 31.0 Å². The molecule has 0 unspecified atom stereocenters. The quantitative estimate of drug-likeness (QED) is 0.638. The number of nitrogens with two attached hydrogens (primary N) is 1. The van der Waals surface area contributed by atoms with Gasteiger partial charge >= 0.3 is 6.18 Å². The van der Waals surface area contributed by atoms with Gasteiger partial charge in [0.25, 0.3) is 0 Å². The van der Waals surface area contributed by atoms with Crippen molar-refractivity contribution in [2.24, 2.45) is 5.73 Å². The molecule has 5 heteroatoms. The first-order valence-corrected chi connectivity index (χ1v) is 4.98. The monoisotopic (exact) mass is 247 g/mol. The van der Waals surface area contributed by atoms with E-state index in [0.717, 1.165) is 11.6 Å². The van der Waals surface area contributed by atoms with E-state index in [1.807, 2.05) is 0 Å². The van der Waals surface area contributed by atoms with Crippen LogP contribution in [0.2, 0.25) is 0 Å². The van der Waals surface area contributed by atoms with Crippen LogP contribution in [0.25, 0.3) is 0 Å². The Labute approximate surface area is 96.9 Å². The third-order valence-electron chi connectivity index (χ3n) is 2.30. The summed E-state index contributed by atoms with van der Waals surface area (Å²) in [4.78, 5) is 0. The van der Waals surface area contributed by atoms with Gasteiger partial charge in [-0.2, -0.15) is 13.2 Å². The van der Waals surface area contributed by atoms with Crippen molar-refractivity contribution < 1.29 is 17.6 Å². The van der Waals surface area contributed by atoms with Crippen LogP contribution in [0.4, 0.5) is 17.6 Å². The first-order valence-electron chi connectivity index (χ1n) is 4.98. The highest BCUT2D eigenvalue weighted by Gasteiger charge is 2.34. The van der Waals surface area contributed by atoms with Crippen molar-refractivity contribution in [1.29, 1.82) is 0 Å². The second kappa shape index (κ2) is 4.87. The Balaban J connectivity index is 3.00. The standard InChI is InChI=1S/C12H13F4N/c1-7(2)5-11(17)8-3-4-9(10(13)6-8)12(14,15)16/h3-4,6,11H,1,5,17H2,2H3/t11-/m1/s1. The Bertz CT molecular complexity index is 423. The highest BCUT2D eigenvalue weighted by Crippen LogP contribution is 2.32. The van der Waals surface area contributed by atoms with Crippen molar-refractivity contribution in [2.45, 2.75) is 25.6 Å². The van der Waals surface area contributed by atoms with E-state index in [1.165, 1.54) is 6.07 Å². The highest BCUT2D eigenvalue weighted by atomic mass is 19.4. The van der Waals surface area contributed by atoms with Crippen LogP contribution in [0.3, 0.4) is 0 Å². The lowest BCUT2D eigenvalue weighted by atomic mass is 9.99. The number of halogens is 4. The molecule has 1 aromatic rings. The summed E-state index contributed by atoms with van der Waals surface area (Å²) in [5.41, 5.74) is 5.56. The van der Waals surface area contributed by atoms with Gasteiger partial charge in [0.15, 0.2) is 0 Å². The number of hydrogen-bond acceptors (Lipinski definition) is 1. The van der Waals surface area contributed by atoms with Gasteiger partial charge in [0, 0.05) is 6.04 Å². The van der Waals surface area contributed by atoms with Crippen LogP contribution in [0.1, 0.15) is 30.5 Å². The van der Waals surface area contributed by atoms with Crippen molar-refractivity contribution in [3.63, 3.8) is 0 Å². The molecule has 1 aromatic carbocycles. The molecule has 2 N–H and O–H groups in total. The molecule has 0 spiro atoms. The van der Waals surface area contributed by atoms with Gasteiger partial charge < -0.3 is 5.73 Å². The Morgan fingerprint density at radius 2 is 2.00 bits per heavy atom. The third-order valence-corrected chi connectivity index (χ3v) is 2.30. The molecule has 17 heavy (non-hydrogen) atoms. The van der Waals surface area contributed by atoms with E-state index in [4.69, 9.17) is 5.73 Å². The van der Waals surface area contributed by atoms with Gasteiger partial charge in [0.05, 0.1) is 5.56 Å². The van der Waals surface area contributed by atoms with Gasteiger partial charge in [0.2, 0.25) is 0 Å². The first kappa shape index (κ1) is 13.7. The summed E-state index contributed by atoms with van der Waals surface area (Å²) in [5, 5.41) is 0. The molecule has 0 fully saturated rings. The molecular formula is C12H13F4N. The van der Waals surface area contributed by atoms with Crippen LogP contribution < -0.4 is 5.73 Å². The molecule has 1 atom stereocenters. The zero-order chi connectivity index (χ0) is 13.2.